The quantitative estimate of drug-likeness (QED) is 0.867. The number of amides is 1. The Kier molecular flexibility index (Phi) is 5.15. The zero-order valence-electron chi connectivity index (χ0n) is 12.7. The molecule has 1 atom stereocenters. The summed E-state index contributed by atoms with van der Waals surface area (Å²) in [7, 11) is 0. The molecule has 2 rings (SSSR count). The van der Waals surface area contributed by atoms with E-state index in [1.165, 1.54) is 0 Å². The van der Waals surface area contributed by atoms with Crippen LogP contribution in [0, 0.1) is 12.8 Å². The van der Waals surface area contributed by atoms with Gasteiger partial charge >= 0.3 is 0 Å². The molecule has 2 nitrogen and oxygen atoms in total. The van der Waals surface area contributed by atoms with Crippen LogP contribution >= 0.6 is 0 Å². The van der Waals surface area contributed by atoms with E-state index in [2.05, 4.69) is 38.2 Å². The molecule has 0 bridgehead atoms. The SMILES string of the molecule is [CH2]C(CC(C)C)NC(=O)c1ccc(-c2ccccc2)cc1. The van der Waals surface area contributed by atoms with Crippen LogP contribution in [0.5, 0.6) is 0 Å². The molecule has 0 aliphatic carbocycles. The third-order valence-electron chi connectivity index (χ3n) is 3.35. The summed E-state index contributed by atoms with van der Waals surface area (Å²) in [4.78, 5) is 12.1. The summed E-state index contributed by atoms with van der Waals surface area (Å²) in [6, 6.07) is 17.8. The topological polar surface area (TPSA) is 29.1 Å². The second-order valence-corrected chi connectivity index (χ2v) is 5.74. The molecule has 2 aromatic carbocycles. The zero-order valence-corrected chi connectivity index (χ0v) is 12.7. The van der Waals surface area contributed by atoms with E-state index in [1.807, 2.05) is 42.5 Å². The fraction of sp³-hybridized carbons (Fsp3) is 0.263. The average molecular weight is 280 g/mol. The van der Waals surface area contributed by atoms with Gasteiger partial charge in [0.05, 0.1) is 0 Å². The molecule has 0 fully saturated rings. The van der Waals surface area contributed by atoms with Crippen LogP contribution in [0.1, 0.15) is 30.6 Å². The highest BCUT2D eigenvalue weighted by Crippen LogP contribution is 2.19. The Hall–Kier alpha value is -2.09. The Morgan fingerprint density at radius 3 is 2.14 bits per heavy atom. The third kappa shape index (κ3) is 4.45. The Balaban J connectivity index is 2.03. The lowest BCUT2D eigenvalue weighted by Crippen LogP contribution is -2.33. The van der Waals surface area contributed by atoms with Gasteiger partial charge in [0.15, 0.2) is 0 Å². The predicted octanol–water partition coefficient (Wildman–Crippen LogP) is 4.33. The van der Waals surface area contributed by atoms with Crippen molar-refractivity contribution in [3.63, 3.8) is 0 Å². The van der Waals surface area contributed by atoms with E-state index in [9.17, 15) is 4.79 Å². The molecule has 2 aromatic rings. The molecule has 0 aliphatic heterocycles. The van der Waals surface area contributed by atoms with Crippen molar-refractivity contribution in [2.24, 2.45) is 5.92 Å². The number of hydrogen-bond donors (Lipinski definition) is 1. The summed E-state index contributed by atoms with van der Waals surface area (Å²) in [5, 5.41) is 2.94. The van der Waals surface area contributed by atoms with Gasteiger partial charge in [-0.1, -0.05) is 56.3 Å². The minimum atomic E-state index is -0.0599. The van der Waals surface area contributed by atoms with Crippen molar-refractivity contribution < 1.29 is 4.79 Å². The highest BCUT2D eigenvalue weighted by atomic mass is 16.1. The van der Waals surface area contributed by atoms with Crippen LogP contribution in [0.25, 0.3) is 11.1 Å². The first-order valence-electron chi connectivity index (χ1n) is 7.35. The van der Waals surface area contributed by atoms with Crippen molar-refractivity contribution in [2.45, 2.75) is 26.3 Å². The van der Waals surface area contributed by atoms with Gasteiger partial charge < -0.3 is 5.32 Å². The average Bonchev–Trinajstić information content (AvgIpc) is 2.47. The Labute approximate surface area is 127 Å². The molecule has 0 saturated carbocycles. The van der Waals surface area contributed by atoms with Crippen molar-refractivity contribution in [2.75, 3.05) is 0 Å². The molecule has 0 heterocycles. The number of carbonyl (C=O) groups excluding carboxylic acids is 1. The zero-order chi connectivity index (χ0) is 15.2. The van der Waals surface area contributed by atoms with Gasteiger partial charge in [0.1, 0.15) is 0 Å². The van der Waals surface area contributed by atoms with Gasteiger partial charge in [-0.25, -0.2) is 0 Å². The number of rotatable bonds is 5. The van der Waals surface area contributed by atoms with Crippen LogP contribution in [0.2, 0.25) is 0 Å². The minimum absolute atomic E-state index is 0.0497. The Morgan fingerprint density at radius 1 is 1.00 bits per heavy atom. The molecule has 1 unspecified atom stereocenters. The summed E-state index contributed by atoms with van der Waals surface area (Å²) >= 11 is 0. The number of benzene rings is 2. The van der Waals surface area contributed by atoms with Gasteiger partial charge in [0.2, 0.25) is 0 Å². The molecule has 0 spiro atoms. The first-order chi connectivity index (χ1) is 10.1. The Morgan fingerprint density at radius 2 is 1.57 bits per heavy atom. The number of carbonyl (C=O) groups is 1. The lowest BCUT2D eigenvalue weighted by Gasteiger charge is -2.15. The first-order valence-corrected chi connectivity index (χ1v) is 7.35. The molecule has 2 heteroatoms. The van der Waals surface area contributed by atoms with E-state index in [1.54, 1.807) is 0 Å². The van der Waals surface area contributed by atoms with Crippen molar-refractivity contribution in [1.82, 2.24) is 5.32 Å². The van der Waals surface area contributed by atoms with Crippen LogP contribution in [0.3, 0.4) is 0 Å². The van der Waals surface area contributed by atoms with E-state index in [0.29, 0.717) is 11.5 Å². The second kappa shape index (κ2) is 7.07. The monoisotopic (exact) mass is 280 g/mol. The van der Waals surface area contributed by atoms with Gasteiger partial charge in [-0.15, -0.1) is 0 Å². The van der Waals surface area contributed by atoms with Gasteiger partial charge in [0, 0.05) is 11.6 Å². The molecule has 1 N–H and O–H groups in total. The Bertz CT molecular complexity index is 572. The first kappa shape index (κ1) is 15.3. The summed E-state index contributed by atoms with van der Waals surface area (Å²) in [5.41, 5.74) is 2.94. The standard InChI is InChI=1S/C19H22NO/c1-14(2)13-15(3)20-19(21)18-11-9-17(10-12-18)16-7-5-4-6-8-16/h4-12,14-15H,3,13H2,1-2H3,(H,20,21). The van der Waals surface area contributed by atoms with Crippen LogP contribution in [-0.4, -0.2) is 11.9 Å². The van der Waals surface area contributed by atoms with Gasteiger partial charge in [0.25, 0.3) is 5.91 Å². The molecule has 1 amide bonds. The molecule has 0 aromatic heterocycles. The third-order valence-corrected chi connectivity index (χ3v) is 3.35. The highest BCUT2D eigenvalue weighted by molar-refractivity contribution is 5.94. The fourth-order valence-electron chi connectivity index (χ4n) is 2.34. The van der Waals surface area contributed by atoms with E-state index < -0.39 is 0 Å². The molecule has 21 heavy (non-hydrogen) atoms. The van der Waals surface area contributed by atoms with Gasteiger partial charge in [-0.3, -0.25) is 4.79 Å². The van der Waals surface area contributed by atoms with Gasteiger partial charge in [-0.2, -0.15) is 0 Å². The molecular formula is C19H22NO. The summed E-state index contributed by atoms with van der Waals surface area (Å²) in [6.07, 6.45) is 0.883. The predicted molar refractivity (Wildman–Crippen MR) is 87.9 cm³/mol. The maximum absolute atomic E-state index is 12.1. The maximum atomic E-state index is 12.1. The molecule has 0 aliphatic rings. The van der Waals surface area contributed by atoms with Crippen molar-refractivity contribution in [3.8, 4) is 11.1 Å². The summed E-state index contributed by atoms with van der Waals surface area (Å²) in [6.45, 7) is 8.22. The fourth-order valence-corrected chi connectivity index (χ4v) is 2.34. The van der Waals surface area contributed by atoms with Crippen molar-refractivity contribution >= 4 is 5.91 Å². The summed E-state index contributed by atoms with van der Waals surface area (Å²) < 4.78 is 0. The van der Waals surface area contributed by atoms with Gasteiger partial charge in [-0.05, 0) is 42.5 Å². The van der Waals surface area contributed by atoms with Crippen LogP contribution < -0.4 is 5.32 Å². The van der Waals surface area contributed by atoms with Crippen LogP contribution in [0.15, 0.2) is 54.6 Å². The van der Waals surface area contributed by atoms with Crippen LogP contribution in [0.4, 0.5) is 0 Å². The highest BCUT2D eigenvalue weighted by Gasteiger charge is 2.11. The second-order valence-electron chi connectivity index (χ2n) is 5.74. The smallest absolute Gasteiger partial charge is 0.251 e. The van der Waals surface area contributed by atoms with E-state index in [-0.39, 0.29) is 11.9 Å². The number of nitrogens with one attached hydrogen (secondary N) is 1. The maximum Gasteiger partial charge on any atom is 0.251 e. The lowest BCUT2D eigenvalue weighted by molar-refractivity contribution is 0.0940. The van der Waals surface area contributed by atoms with E-state index >= 15 is 0 Å². The van der Waals surface area contributed by atoms with Crippen molar-refractivity contribution in [3.05, 3.63) is 67.1 Å². The molecule has 1 radical (unpaired) electrons. The molecule has 109 valence electrons. The lowest BCUT2D eigenvalue weighted by atomic mass is 10.0. The summed E-state index contributed by atoms with van der Waals surface area (Å²) in [5.74, 6) is 0.462. The van der Waals surface area contributed by atoms with Crippen LogP contribution in [-0.2, 0) is 0 Å². The molecule has 0 saturated heterocycles. The van der Waals surface area contributed by atoms with Crippen molar-refractivity contribution in [1.29, 1.82) is 0 Å². The largest absolute Gasteiger partial charge is 0.349 e. The normalized spacial score (nSPS) is 12.2. The van der Waals surface area contributed by atoms with E-state index in [0.717, 1.165) is 17.5 Å². The minimum Gasteiger partial charge on any atom is -0.349 e. The number of hydrogen-bond acceptors (Lipinski definition) is 1. The molecular weight excluding hydrogens is 258 g/mol. The van der Waals surface area contributed by atoms with E-state index in [4.69, 9.17) is 0 Å².